The molecule has 0 aliphatic heterocycles. The number of nitrogens with zero attached hydrogens (tertiary/aromatic N) is 2. The van der Waals surface area contributed by atoms with Crippen molar-refractivity contribution in [2.75, 3.05) is 0 Å². The van der Waals surface area contributed by atoms with E-state index in [2.05, 4.69) is 23.2 Å². The summed E-state index contributed by atoms with van der Waals surface area (Å²) in [5, 5.41) is 1.18. The average molecular weight is 219 g/mol. The van der Waals surface area contributed by atoms with Gasteiger partial charge in [-0.05, 0) is 31.3 Å². The van der Waals surface area contributed by atoms with Gasteiger partial charge in [0.2, 0.25) is 0 Å². The first kappa shape index (κ1) is 10.9. The van der Waals surface area contributed by atoms with Gasteiger partial charge in [0.1, 0.15) is 10.8 Å². The highest BCUT2D eigenvalue weighted by Crippen LogP contribution is 2.31. The molecule has 1 aromatic rings. The average Bonchev–Trinajstić information content (AvgIpc) is 2.34. The predicted octanol–water partition coefficient (Wildman–Crippen LogP) is 3.21. The van der Waals surface area contributed by atoms with Crippen LogP contribution in [0.15, 0.2) is 0 Å². The molecule has 2 unspecified atom stereocenters. The molecule has 0 radical (unpaired) electrons. The molecule has 0 amide bonds. The van der Waals surface area contributed by atoms with Gasteiger partial charge in [0.25, 0.3) is 0 Å². The van der Waals surface area contributed by atoms with E-state index in [1.54, 1.807) is 0 Å². The summed E-state index contributed by atoms with van der Waals surface area (Å²) in [6.07, 6.45) is 0. The smallest absolute Gasteiger partial charge is 0.139 e. The lowest BCUT2D eigenvalue weighted by molar-refractivity contribution is 0.488. The lowest BCUT2D eigenvalue weighted by Gasteiger charge is -2.19. The number of alkyl halides is 1. The second kappa shape index (κ2) is 4.38. The summed E-state index contributed by atoms with van der Waals surface area (Å²) in [4.78, 5) is 4.38. The zero-order chi connectivity index (χ0) is 10.0. The summed E-state index contributed by atoms with van der Waals surface area (Å²) < 4.78 is 4.17. The van der Waals surface area contributed by atoms with Crippen LogP contribution in [0.3, 0.4) is 0 Å². The predicted molar refractivity (Wildman–Crippen MR) is 57.5 cm³/mol. The Balaban J connectivity index is 2.88. The van der Waals surface area contributed by atoms with Crippen LogP contribution in [0, 0.1) is 12.8 Å². The molecule has 0 aliphatic rings. The molecule has 0 N–H and O–H groups in total. The largest absolute Gasteiger partial charge is 0.225 e. The summed E-state index contributed by atoms with van der Waals surface area (Å²) in [5.74, 6) is 1.69. The molecule has 4 heteroatoms. The summed E-state index contributed by atoms with van der Waals surface area (Å²) in [7, 11) is 0. The van der Waals surface area contributed by atoms with E-state index in [9.17, 15) is 0 Å². The highest BCUT2D eigenvalue weighted by molar-refractivity contribution is 7.05. The summed E-state index contributed by atoms with van der Waals surface area (Å²) in [6, 6.07) is 0. The van der Waals surface area contributed by atoms with Gasteiger partial charge >= 0.3 is 0 Å². The van der Waals surface area contributed by atoms with E-state index in [0.29, 0.717) is 11.8 Å². The molecule has 2 nitrogen and oxygen atoms in total. The Hall–Kier alpha value is -0.150. The topological polar surface area (TPSA) is 25.8 Å². The standard InChI is InChI=1S/C9H15ClN2S/c1-5(2)8(6(3)10)9-11-7(4)12-13-9/h5-6,8H,1-4H3. The van der Waals surface area contributed by atoms with Crippen molar-refractivity contribution in [3.05, 3.63) is 10.8 Å². The Morgan fingerprint density at radius 2 is 1.92 bits per heavy atom. The van der Waals surface area contributed by atoms with Crippen molar-refractivity contribution in [1.82, 2.24) is 9.36 Å². The first-order valence-electron chi connectivity index (χ1n) is 4.46. The van der Waals surface area contributed by atoms with Crippen LogP contribution in [0.25, 0.3) is 0 Å². The third-order valence-electron chi connectivity index (χ3n) is 2.04. The van der Waals surface area contributed by atoms with E-state index < -0.39 is 0 Å². The van der Waals surface area contributed by atoms with Gasteiger partial charge in [0.15, 0.2) is 0 Å². The number of aryl methyl sites for hydroxylation is 1. The van der Waals surface area contributed by atoms with Crippen molar-refractivity contribution in [3.63, 3.8) is 0 Å². The fourth-order valence-electron chi connectivity index (χ4n) is 1.46. The molecule has 0 aromatic carbocycles. The fraction of sp³-hybridized carbons (Fsp3) is 0.778. The molecule has 1 rings (SSSR count). The maximum atomic E-state index is 6.12. The number of hydrogen-bond donors (Lipinski definition) is 0. The first-order chi connectivity index (χ1) is 6.02. The Morgan fingerprint density at radius 3 is 2.23 bits per heavy atom. The number of aromatic nitrogens is 2. The van der Waals surface area contributed by atoms with E-state index in [-0.39, 0.29) is 5.38 Å². The molecule has 13 heavy (non-hydrogen) atoms. The second-order valence-corrected chi connectivity index (χ2v) is 5.10. The second-order valence-electron chi connectivity index (χ2n) is 3.63. The van der Waals surface area contributed by atoms with Crippen LogP contribution >= 0.6 is 23.1 Å². The normalized spacial score (nSPS) is 16.2. The maximum absolute atomic E-state index is 6.12. The summed E-state index contributed by atoms with van der Waals surface area (Å²) in [6.45, 7) is 8.26. The number of halogens is 1. The maximum Gasteiger partial charge on any atom is 0.139 e. The molecule has 0 fully saturated rings. The third-order valence-corrected chi connectivity index (χ3v) is 3.22. The van der Waals surface area contributed by atoms with Crippen LogP contribution < -0.4 is 0 Å². The Bertz CT molecular complexity index is 262. The Labute approximate surface area is 88.5 Å². The minimum absolute atomic E-state index is 0.118. The monoisotopic (exact) mass is 218 g/mol. The molecule has 74 valence electrons. The van der Waals surface area contributed by atoms with Gasteiger partial charge in [-0.1, -0.05) is 13.8 Å². The van der Waals surface area contributed by atoms with Crippen molar-refractivity contribution in [3.8, 4) is 0 Å². The molecule has 1 heterocycles. The van der Waals surface area contributed by atoms with Gasteiger partial charge in [-0.2, -0.15) is 4.37 Å². The molecule has 1 aromatic heterocycles. The lowest BCUT2D eigenvalue weighted by Crippen LogP contribution is -2.15. The van der Waals surface area contributed by atoms with Crippen molar-refractivity contribution in [2.45, 2.75) is 39.0 Å². The molecule has 0 saturated carbocycles. The van der Waals surface area contributed by atoms with Crippen LogP contribution in [0.5, 0.6) is 0 Å². The van der Waals surface area contributed by atoms with Gasteiger partial charge in [-0.25, -0.2) is 4.98 Å². The van der Waals surface area contributed by atoms with Crippen LogP contribution in [0.1, 0.15) is 37.5 Å². The van der Waals surface area contributed by atoms with Crippen LogP contribution in [-0.2, 0) is 0 Å². The highest BCUT2D eigenvalue weighted by Gasteiger charge is 2.24. The van der Waals surface area contributed by atoms with Crippen LogP contribution in [0.2, 0.25) is 0 Å². The van der Waals surface area contributed by atoms with Gasteiger partial charge in [0, 0.05) is 11.3 Å². The van der Waals surface area contributed by atoms with Gasteiger partial charge in [0.05, 0.1) is 0 Å². The lowest BCUT2D eigenvalue weighted by atomic mass is 9.94. The van der Waals surface area contributed by atoms with Gasteiger partial charge in [-0.15, -0.1) is 11.6 Å². The Kier molecular flexibility index (Phi) is 3.68. The minimum atomic E-state index is 0.118. The van der Waals surface area contributed by atoms with Gasteiger partial charge < -0.3 is 0 Å². The summed E-state index contributed by atoms with van der Waals surface area (Å²) >= 11 is 7.59. The zero-order valence-electron chi connectivity index (χ0n) is 8.41. The third kappa shape index (κ3) is 2.64. The van der Waals surface area contributed by atoms with E-state index in [1.165, 1.54) is 11.5 Å². The molecule has 0 aliphatic carbocycles. The van der Waals surface area contributed by atoms with E-state index in [1.807, 2.05) is 13.8 Å². The number of rotatable bonds is 3. The minimum Gasteiger partial charge on any atom is -0.225 e. The molecule has 0 spiro atoms. The molecule has 2 atom stereocenters. The molecular weight excluding hydrogens is 204 g/mol. The molecule has 0 saturated heterocycles. The summed E-state index contributed by atoms with van der Waals surface area (Å²) in [5.41, 5.74) is 0. The van der Waals surface area contributed by atoms with Gasteiger partial charge in [-0.3, -0.25) is 0 Å². The van der Waals surface area contributed by atoms with Crippen molar-refractivity contribution in [1.29, 1.82) is 0 Å². The molecular formula is C9H15ClN2S. The van der Waals surface area contributed by atoms with E-state index >= 15 is 0 Å². The Morgan fingerprint density at radius 1 is 1.31 bits per heavy atom. The molecule has 0 bridgehead atoms. The SMILES string of the molecule is Cc1nsc(C(C(C)C)C(C)Cl)n1. The first-order valence-corrected chi connectivity index (χ1v) is 5.67. The zero-order valence-corrected chi connectivity index (χ0v) is 9.99. The van der Waals surface area contributed by atoms with E-state index in [4.69, 9.17) is 11.6 Å². The van der Waals surface area contributed by atoms with Crippen molar-refractivity contribution < 1.29 is 0 Å². The highest BCUT2D eigenvalue weighted by atomic mass is 35.5. The fourth-order valence-corrected chi connectivity index (χ4v) is 2.98. The van der Waals surface area contributed by atoms with Crippen LogP contribution in [0.4, 0.5) is 0 Å². The quantitative estimate of drug-likeness (QED) is 0.729. The van der Waals surface area contributed by atoms with Crippen molar-refractivity contribution >= 4 is 23.1 Å². The van der Waals surface area contributed by atoms with Crippen LogP contribution in [-0.4, -0.2) is 14.7 Å². The number of hydrogen-bond acceptors (Lipinski definition) is 3. The van der Waals surface area contributed by atoms with E-state index in [0.717, 1.165) is 10.8 Å². The van der Waals surface area contributed by atoms with Crippen molar-refractivity contribution in [2.24, 2.45) is 5.92 Å².